The lowest BCUT2D eigenvalue weighted by atomic mass is 10.1. The molecule has 3 rings (SSSR count). The van der Waals surface area contributed by atoms with Crippen LogP contribution in [0, 0.1) is 0 Å². The minimum Gasteiger partial charge on any atom is -0.493 e. The molecule has 2 aromatic rings. The van der Waals surface area contributed by atoms with Crippen molar-refractivity contribution in [1.82, 2.24) is 4.90 Å². The van der Waals surface area contributed by atoms with Crippen molar-refractivity contribution in [2.45, 2.75) is 12.8 Å². The van der Waals surface area contributed by atoms with Crippen LogP contribution in [-0.4, -0.2) is 51.2 Å². The number of aryl methyl sites for hydroxylation is 1. The number of para-hydroxylation sites is 1. The Morgan fingerprint density at radius 2 is 1.70 bits per heavy atom. The highest BCUT2D eigenvalue weighted by Gasteiger charge is 2.22. The summed E-state index contributed by atoms with van der Waals surface area (Å²) in [6, 6.07) is 13.6. The first-order valence-electron chi connectivity index (χ1n) is 9.10. The fourth-order valence-electron chi connectivity index (χ4n) is 3.35. The van der Waals surface area contributed by atoms with Crippen molar-refractivity contribution in [3.05, 3.63) is 53.1 Å². The van der Waals surface area contributed by atoms with Gasteiger partial charge in [0.1, 0.15) is 0 Å². The van der Waals surface area contributed by atoms with Gasteiger partial charge in [-0.3, -0.25) is 4.79 Å². The van der Waals surface area contributed by atoms with Gasteiger partial charge < -0.3 is 19.3 Å². The molecule has 1 heterocycles. The Bertz CT molecular complexity index is 789. The number of halogens is 1. The molecule has 0 unspecified atom stereocenters. The fourth-order valence-corrected chi connectivity index (χ4v) is 3.61. The average molecular weight is 389 g/mol. The minimum absolute atomic E-state index is 0.184. The molecule has 0 atom stereocenters. The van der Waals surface area contributed by atoms with E-state index in [1.54, 1.807) is 14.2 Å². The number of benzene rings is 2. The molecule has 1 fully saturated rings. The molecule has 0 N–H and O–H groups in total. The predicted molar refractivity (Wildman–Crippen MR) is 108 cm³/mol. The largest absolute Gasteiger partial charge is 0.493 e. The van der Waals surface area contributed by atoms with Crippen molar-refractivity contribution in [2.24, 2.45) is 0 Å². The van der Waals surface area contributed by atoms with Crippen LogP contribution in [-0.2, 0) is 11.2 Å². The van der Waals surface area contributed by atoms with E-state index in [1.807, 2.05) is 47.4 Å². The van der Waals surface area contributed by atoms with Crippen LogP contribution in [0.25, 0.3) is 0 Å². The lowest BCUT2D eigenvalue weighted by molar-refractivity contribution is -0.131. The van der Waals surface area contributed by atoms with Crippen LogP contribution in [0.1, 0.15) is 12.0 Å². The van der Waals surface area contributed by atoms with Gasteiger partial charge in [-0.15, -0.1) is 0 Å². The maximum absolute atomic E-state index is 12.6. The smallest absolute Gasteiger partial charge is 0.223 e. The first-order chi connectivity index (χ1) is 13.1. The second-order valence-corrected chi connectivity index (χ2v) is 6.92. The summed E-state index contributed by atoms with van der Waals surface area (Å²) in [5.41, 5.74) is 2.10. The molecule has 2 aromatic carbocycles. The Hall–Kier alpha value is -2.40. The van der Waals surface area contributed by atoms with E-state index in [9.17, 15) is 4.79 Å². The van der Waals surface area contributed by atoms with Crippen LogP contribution < -0.4 is 14.4 Å². The molecule has 0 bridgehead atoms. The molecule has 1 saturated heterocycles. The Kier molecular flexibility index (Phi) is 6.45. The molecular formula is C21H25ClN2O3. The van der Waals surface area contributed by atoms with E-state index in [0.717, 1.165) is 42.5 Å². The molecule has 0 aromatic heterocycles. The molecule has 1 amide bonds. The Morgan fingerprint density at radius 1 is 1.00 bits per heavy atom. The molecule has 1 aliphatic rings. The zero-order chi connectivity index (χ0) is 19.2. The van der Waals surface area contributed by atoms with E-state index in [2.05, 4.69) is 4.90 Å². The fraction of sp³-hybridized carbons (Fsp3) is 0.381. The van der Waals surface area contributed by atoms with Crippen LogP contribution in [0.4, 0.5) is 5.69 Å². The van der Waals surface area contributed by atoms with Gasteiger partial charge in [-0.1, -0.05) is 29.8 Å². The number of nitrogens with zero attached hydrogens (tertiary/aromatic N) is 2. The highest BCUT2D eigenvalue weighted by atomic mass is 35.5. The van der Waals surface area contributed by atoms with Crippen molar-refractivity contribution < 1.29 is 14.3 Å². The van der Waals surface area contributed by atoms with Gasteiger partial charge in [0, 0.05) is 32.6 Å². The first-order valence-corrected chi connectivity index (χ1v) is 9.48. The molecule has 1 aliphatic heterocycles. The Balaban J connectivity index is 1.52. The van der Waals surface area contributed by atoms with Crippen LogP contribution in [0.15, 0.2) is 42.5 Å². The number of ether oxygens (including phenoxy) is 2. The maximum Gasteiger partial charge on any atom is 0.223 e. The first kappa shape index (κ1) is 19.4. The Morgan fingerprint density at radius 3 is 2.37 bits per heavy atom. The molecule has 27 heavy (non-hydrogen) atoms. The highest BCUT2D eigenvalue weighted by Crippen LogP contribution is 2.28. The monoisotopic (exact) mass is 388 g/mol. The quantitative estimate of drug-likeness (QED) is 0.757. The van der Waals surface area contributed by atoms with Gasteiger partial charge >= 0.3 is 0 Å². The van der Waals surface area contributed by atoms with Crippen molar-refractivity contribution in [1.29, 1.82) is 0 Å². The van der Waals surface area contributed by atoms with Gasteiger partial charge in [0.2, 0.25) is 5.91 Å². The number of hydrogen-bond acceptors (Lipinski definition) is 4. The lowest BCUT2D eigenvalue weighted by Gasteiger charge is -2.36. The van der Waals surface area contributed by atoms with E-state index in [-0.39, 0.29) is 5.91 Å². The van der Waals surface area contributed by atoms with Crippen LogP contribution in [0.3, 0.4) is 0 Å². The topological polar surface area (TPSA) is 42.0 Å². The zero-order valence-electron chi connectivity index (χ0n) is 15.8. The third-order valence-corrected chi connectivity index (χ3v) is 5.22. The van der Waals surface area contributed by atoms with Gasteiger partial charge in [0.15, 0.2) is 11.5 Å². The summed E-state index contributed by atoms with van der Waals surface area (Å²) < 4.78 is 10.6. The van der Waals surface area contributed by atoms with Gasteiger partial charge in [-0.25, -0.2) is 0 Å². The van der Waals surface area contributed by atoms with E-state index in [0.29, 0.717) is 24.3 Å². The number of anilines is 1. The predicted octanol–water partition coefficient (Wildman–Crippen LogP) is 3.64. The van der Waals surface area contributed by atoms with Crippen LogP contribution in [0.5, 0.6) is 11.5 Å². The molecule has 0 aliphatic carbocycles. The number of rotatable bonds is 6. The minimum atomic E-state index is 0.184. The van der Waals surface area contributed by atoms with Crippen molar-refractivity contribution in [3.8, 4) is 11.5 Å². The average Bonchev–Trinajstić information content (AvgIpc) is 2.72. The van der Waals surface area contributed by atoms with Crippen molar-refractivity contribution in [3.63, 3.8) is 0 Å². The second-order valence-electron chi connectivity index (χ2n) is 6.51. The molecule has 6 heteroatoms. The van der Waals surface area contributed by atoms with Crippen molar-refractivity contribution in [2.75, 3.05) is 45.3 Å². The summed E-state index contributed by atoms with van der Waals surface area (Å²) in [6.45, 7) is 3.03. The summed E-state index contributed by atoms with van der Waals surface area (Å²) in [4.78, 5) is 16.8. The summed E-state index contributed by atoms with van der Waals surface area (Å²) in [5, 5.41) is 0.755. The van der Waals surface area contributed by atoms with Gasteiger partial charge in [-0.2, -0.15) is 0 Å². The number of methoxy groups -OCH3 is 2. The molecule has 144 valence electrons. The van der Waals surface area contributed by atoms with Crippen molar-refractivity contribution >= 4 is 23.2 Å². The second kappa shape index (κ2) is 9.00. The normalized spacial score (nSPS) is 14.2. The summed E-state index contributed by atoms with van der Waals surface area (Å²) in [6.07, 6.45) is 1.17. The zero-order valence-corrected chi connectivity index (χ0v) is 16.5. The molecule has 0 saturated carbocycles. The van der Waals surface area contributed by atoms with Gasteiger partial charge in [0.25, 0.3) is 0 Å². The van der Waals surface area contributed by atoms with E-state index in [1.165, 1.54) is 0 Å². The third-order valence-electron chi connectivity index (χ3n) is 4.90. The Labute approximate surface area is 165 Å². The SMILES string of the molecule is COc1ccc(CCC(=O)N2CCN(c3ccccc3Cl)CC2)cc1OC. The summed E-state index contributed by atoms with van der Waals surface area (Å²) in [7, 11) is 3.23. The molecule has 0 spiro atoms. The van der Waals surface area contributed by atoms with Gasteiger partial charge in [-0.05, 0) is 36.2 Å². The lowest BCUT2D eigenvalue weighted by Crippen LogP contribution is -2.48. The number of hydrogen-bond donors (Lipinski definition) is 0. The number of carbonyl (C=O) groups is 1. The van der Waals surface area contributed by atoms with E-state index in [4.69, 9.17) is 21.1 Å². The maximum atomic E-state index is 12.6. The van der Waals surface area contributed by atoms with Gasteiger partial charge in [0.05, 0.1) is 24.9 Å². The molecule has 0 radical (unpaired) electrons. The van der Waals surface area contributed by atoms with E-state index >= 15 is 0 Å². The summed E-state index contributed by atoms with van der Waals surface area (Å²) in [5.74, 6) is 1.57. The van der Waals surface area contributed by atoms with Crippen LogP contribution in [0.2, 0.25) is 5.02 Å². The number of carbonyl (C=O) groups excluding carboxylic acids is 1. The molecular weight excluding hydrogens is 364 g/mol. The third kappa shape index (κ3) is 4.66. The van der Waals surface area contributed by atoms with Crippen LogP contribution >= 0.6 is 11.6 Å². The standard InChI is InChI=1S/C21H25ClN2O3/c1-26-19-9-7-16(15-20(19)27-2)8-10-21(25)24-13-11-23(12-14-24)18-6-4-3-5-17(18)22/h3-7,9,15H,8,10-14H2,1-2H3. The number of piperazine rings is 1. The van der Waals surface area contributed by atoms with E-state index < -0.39 is 0 Å². The molecule has 5 nitrogen and oxygen atoms in total. The highest BCUT2D eigenvalue weighted by molar-refractivity contribution is 6.33. The summed E-state index contributed by atoms with van der Waals surface area (Å²) >= 11 is 6.28. The number of amides is 1.